The molecule has 0 unspecified atom stereocenters. The first-order valence-electron chi connectivity index (χ1n) is 4.15. The van der Waals surface area contributed by atoms with Crippen molar-refractivity contribution in [1.82, 2.24) is 0 Å². The van der Waals surface area contributed by atoms with Crippen molar-refractivity contribution in [3.05, 3.63) is 11.6 Å². The molecule has 0 amide bonds. The standard InChI is InChI=1S/C9H19N/c1-4-8(5-2)9(6-3)7-10/h6,8H,4-5,7,10H2,1-3H3. The lowest BCUT2D eigenvalue weighted by Gasteiger charge is -2.14. The van der Waals surface area contributed by atoms with Gasteiger partial charge in [-0.25, -0.2) is 0 Å². The van der Waals surface area contributed by atoms with Crippen molar-refractivity contribution in [3.63, 3.8) is 0 Å². The van der Waals surface area contributed by atoms with Crippen molar-refractivity contribution in [2.45, 2.75) is 33.6 Å². The third-order valence-corrected chi connectivity index (χ3v) is 2.12. The van der Waals surface area contributed by atoms with Crippen molar-refractivity contribution in [2.24, 2.45) is 11.7 Å². The van der Waals surface area contributed by atoms with Gasteiger partial charge in [0.2, 0.25) is 0 Å². The summed E-state index contributed by atoms with van der Waals surface area (Å²) in [5.41, 5.74) is 6.97. The fraction of sp³-hybridized carbons (Fsp3) is 0.778. The monoisotopic (exact) mass is 141 g/mol. The summed E-state index contributed by atoms with van der Waals surface area (Å²) in [4.78, 5) is 0. The van der Waals surface area contributed by atoms with E-state index in [2.05, 4.69) is 26.8 Å². The van der Waals surface area contributed by atoms with Crippen LogP contribution in [-0.4, -0.2) is 6.54 Å². The summed E-state index contributed by atoms with van der Waals surface area (Å²) in [5, 5.41) is 0. The largest absolute Gasteiger partial charge is 0.327 e. The summed E-state index contributed by atoms with van der Waals surface area (Å²) < 4.78 is 0. The summed E-state index contributed by atoms with van der Waals surface area (Å²) in [7, 11) is 0. The van der Waals surface area contributed by atoms with E-state index < -0.39 is 0 Å². The van der Waals surface area contributed by atoms with E-state index in [0.29, 0.717) is 0 Å². The van der Waals surface area contributed by atoms with Gasteiger partial charge in [-0.2, -0.15) is 0 Å². The van der Waals surface area contributed by atoms with Crippen LogP contribution >= 0.6 is 0 Å². The van der Waals surface area contributed by atoms with E-state index in [1.165, 1.54) is 18.4 Å². The van der Waals surface area contributed by atoms with Gasteiger partial charge in [0.15, 0.2) is 0 Å². The van der Waals surface area contributed by atoms with Crippen LogP contribution in [0.25, 0.3) is 0 Å². The smallest absolute Gasteiger partial charge is 0.0139 e. The molecule has 0 fully saturated rings. The van der Waals surface area contributed by atoms with Crippen molar-refractivity contribution in [3.8, 4) is 0 Å². The summed E-state index contributed by atoms with van der Waals surface area (Å²) in [6, 6.07) is 0. The Hall–Kier alpha value is -0.300. The topological polar surface area (TPSA) is 26.0 Å². The summed E-state index contributed by atoms with van der Waals surface area (Å²) in [6.45, 7) is 7.23. The normalized spacial score (nSPS) is 12.7. The Labute approximate surface area is 64.3 Å². The molecule has 0 heterocycles. The quantitative estimate of drug-likeness (QED) is 0.597. The predicted molar refractivity (Wildman–Crippen MR) is 46.9 cm³/mol. The van der Waals surface area contributed by atoms with Crippen molar-refractivity contribution in [1.29, 1.82) is 0 Å². The Morgan fingerprint density at radius 3 is 2.00 bits per heavy atom. The number of hydrogen-bond acceptors (Lipinski definition) is 1. The zero-order valence-corrected chi connectivity index (χ0v) is 7.35. The van der Waals surface area contributed by atoms with Gasteiger partial charge in [0, 0.05) is 6.54 Å². The molecule has 0 aromatic heterocycles. The highest BCUT2D eigenvalue weighted by molar-refractivity contribution is 5.06. The summed E-state index contributed by atoms with van der Waals surface area (Å²) in [5.74, 6) is 0.718. The molecule has 0 rings (SSSR count). The van der Waals surface area contributed by atoms with E-state index in [1.54, 1.807) is 0 Å². The van der Waals surface area contributed by atoms with Gasteiger partial charge >= 0.3 is 0 Å². The molecule has 0 saturated heterocycles. The molecule has 0 aliphatic heterocycles. The fourth-order valence-corrected chi connectivity index (χ4v) is 1.33. The number of allylic oxidation sites excluding steroid dienone is 1. The van der Waals surface area contributed by atoms with Gasteiger partial charge in [0.25, 0.3) is 0 Å². The van der Waals surface area contributed by atoms with Gasteiger partial charge in [0.05, 0.1) is 0 Å². The van der Waals surface area contributed by atoms with Gasteiger partial charge in [-0.3, -0.25) is 0 Å². The zero-order valence-electron chi connectivity index (χ0n) is 7.35. The molecule has 10 heavy (non-hydrogen) atoms. The predicted octanol–water partition coefficient (Wildman–Crippen LogP) is 2.33. The average Bonchev–Trinajstić information content (AvgIpc) is 2.00. The van der Waals surface area contributed by atoms with E-state index in [1.807, 2.05) is 0 Å². The molecule has 1 nitrogen and oxygen atoms in total. The summed E-state index contributed by atoms with van der Waals surface area (Å²) >= 11 is 0. The Morgan fingerprint density at radius 2 is 1.90 bits per heavy atom. The van der Waals surface area contributed by atoms with Gasteiger partial charge in [-0.15, -0.1) is 0 Å². The number of hydrogen-bond donors (Lipinski definition) is 1. The van der Waals surface area contributed by atoms with Crippen LogP contribution in [0, 0.1) is 5.92 Å². The molecule has 1 heteroatoms. The average molecular weight is 141 g/mol. The number of nitrogens with two attached hydrogens (primary N) is 1. The van der Waals surface area contributed by atoms with E-state index in [0.717, 1.165) is 12.5 Å². The lowest BCUT2D eigenvalue weighted by atomic mass is 9.94. The first-order chi connectivity index (χ1) is 4.79. The van der Waals surface area contributed by atoms with Crippen molar-refractivity contribution >= 4 is 0 Å². The molecule has 0 aromatic rings. The zero-order chi connectivity index (χ0) is 7.98. The lowest BCUT2D eigenvalue weighted by Crippen LogP contribution is -2.11. The van der Waals surface area contributed by atoms with Crippen LogP contribution in [0.5, 0.6) is 0 Å². The van der Waals surface area contributed by atoms with E-state index >= 15 is 0 Å². The molecule has 0 saturated carbocycles. The second-order valence-electron chi connectivity index (χ2n) is 2.58. The lowest BCUT2D eigenvalue weighted by molar-refractivity contribution is 0.562. The SMILES string of the molecule is CC=C(CN)C(CC)CC. The first kappa shape index (κ1) is 9.70. The Bertz CT molecular complexity index is 101. The highest BCUT2D eigenvalue weighted by Crippen LogP contribution is 2.16. The molecule has 0 aliphatic rings. The molecule has 0 bridgehead atoms. The molecule has 0 aromatic carbocycles. The van der Waals surface area contributed by atoms with Crippen LogP contribution in [0.1, 0.15) is 33.6 Å². The second kappa shape index (κ2) is 5.48. The van der Waals surface area contributed by atoms with Gasteiger partial charge in [-0.05, 0) is 25.7 Å². The Kier molecular flexibility index (Phi) is 5.32. The Balaban J connectivity index is 3.97. The maximum Gasteiger partial charge on any atom is 0.0139 e. The van der Waals surface area contributed by atoms with E-state index in [9.17, 15) is 0 Å². The van der Waals surface area contributed by atoms with Crippen molar-refractivity contribution in [2.75, 3.05) is 6.54 Å². The highest BCUT2D eigenvalue weighted by atomic mass is 14.5. The second-order valence-corrected chi connectivity index (χ2v) is 2.58. The third-order valence-electron chi connectivity index (χ3n) is 2.12. The molecular weight excluding hydrogens is 122 g/mol. The molecule has 0 atom stereocenters. The highest BCUT2D eigenvalue weighted by Gasteiger charge is 2.06. The molecule has 0 radical (unpaired) electrons. The minimum Gasteiger partial charge on any atom is -0.327 e. The molecule has 2 N–H and O–H groups in total. The maximum atomic E-state index is 5.57. The van der Waals surface area contributed by atoms with Crippen LogP contribution < -0.4 is 5.73 Å². The molecule has 0 aliphatic carbocycles. The van der Waals surface area contributed by atoms with Crippen molar-refractivity contribution < 1.29 is 0 Å². The first-order valence-corrected chi connectivity index (χ1v) is 4.15. The van der Waals surface area contributed by atoms with E-state index in [4.69, 9.17) is 5.73 Å². The minimum atomic E-state index is 0.718. The van der Waals surface area contributed by atoms with Crippen LogP contribution in [0.3, 0.4) is 0 Å². The fourth-order valence-electron chi connectivity index (χ4n) is 1.33. The molecule has 0 spiro atoms. The third kappa shape index (κ3) is 2.53. The minimum absolute atomic E-state index is 0.718. The summed E-state index contributed by atoms with van der Waals surface area (Å²) in [6.07, 6.45) is 4.58. The van der Waals surface area contributed by atoms with Crippen LogP contribution in [0.15, 0.2) is 11.6 Å². The van der Waals surface area contributed by atoms with E-state index in [-0.39, 0.29) is 0 Å². The van der Waals surface area contributed by atoms with Crippen LogP contribution in [0.4, 0.5) is 0 Å². The van der Waals surface area contributed by atoms with Gasteiger partial charge in [0.1, 0.15) is 0 Å². The number of rotatable bonds is 4. The maximum absolute atomic E-state index is 5.57. The molecule has 60 valence electrons. The van der Waals surface area contributed by atoms with Crippen LogP contribution in [-0.2, 0) is 0 Å². The van der Waals surface area contributed by atoms with Gasteiger partial charge < -0.3 is 5.73 Å². The van der Waals surface area contributed by atoms with Gasteiger partial charge in [-0.1, -0.05) is 25.5 Å². The molecular formula is C9H19N. The van der Waals surface area contributed by atoms with Crippen LogP contribution in [0.2, 0.25) is 0 Å². The Morgan fingerprint density at radius 1 is 1.40 bits per heavy atom.